The smallest absolute Gasteiger partial charge is 0.317 e. The van der Waals surface area contributed by atoms with Gasteiger partial charge in [-0.05, 0) is 44.2 Å². The Morgan fingerprint density at radius 1 is 1.26 bits per heavy atom. The SMILES string of the molecule is O=C(NNc1ccc(F)cn1)N1C2CCCC1CC2. The number of aromatic nitrogens is 1. The highest BCUT2D eigenvalue weighted by atomic mass is 19.1. The zero-order valence-corrected chi connectivity index (χ0v) is 10.6. The third kappa shape index (κ3) is 2.47. The van der Waals surface area contributed by atoms with Crippen LogP contribution in [0, 0.1) is 5.82 Å². The van der Waals surface area contributed by atoms with E-state index in [1.807, 2.05) is 4.90 Å². The predicted molar refractivity (Wildman–Crippen MR) is 68.8 cm³/mol. The molecule has 2 aliphatic heterocycles. The Morgan fingerprint density at radius 3 is 2.63 bits per heavy atom. The van der Waals surface area contributed by atoms with E-state index in [9.17, 15) is 9.18 Å². The summed E-state index contributed by atoms with van der Waals surface area (Å²) in [6.07, 6.45) is 6.72. The molecule has 102 valence electrons. The lowest BCUT2D eigenvalue weighted by Crippen LogP contribution is -2.50. The van der Waals surface area contributed by atoms with E-state index in [-0.39, 0.29) is 6.03 Å². The topological polar surface area (TPSA) is 57.3 Å². The first kappa shape index (κ1) is 12.2. The minimum Gasteiger partial charge on any atom is -0.317 e. The van der Waals surface area contributed by atoms with Crippen molar-refractivity contribution in [3.05, 3.63) is 24.1 Å². The lowest BCUT2D eigenvalue weighted by Gasteiger charge is -2.34. The van der Waals surface area contributed by atoms with Crippen molar-refractivity contribution in [1.82, 2.24) is 15.3 Å². The van der Waals surface area contributed by atoms with E-state index in [1.165, 1.54) is 18.6 Å². The second-order valence-electron chi connectivity index (χ2n) is 5.14. The highest BCUT2D eigenvalue weighted by Crippen LogP contribution is 2.35. The molecule has 2 aliphatic rings. The number of anilines is 1. The molecule has 0 radical (unpaired) electrons. The van der Waals surface area contributed by atoms with Crippen LogP contribution in [0.15, 0.2) is 18.3 Å². The molecule has 2 bridgehead atoms. The fourth-order valence-electron chi connectivity index (χ4n) is 3.08. The van der Waals surface area contributed by atoms with Crippen molar-refractivity contribution in [3.8, 4) is 0 Å². The van der Waals surface area contributed by atoms with E-state index in [0.717, 1.165) is 31.9 Å². The number of piperidine rings is 1. The van der Waals surface area contributed by atoms with Crippen LogP contribution >= 0.6 is 0 Å². The third-order valence-electron chi connectivity index (χ3n) is 3.95. The summed E-state index contributed by atoms with van der Waals surface area (Å²) in [7, 11) is 0. The summed E-state index contributed by atoms with van der Waals surface area (Å²) in [4.78, 5) is 17.9. The first-order valence-corrected chi connectivity index (χ1v) is 6.70. The lowest BCUT2D eigenvalue weighted by atomic mass is 10.0. The van der Waals surface area contributed by atoms with Gasteiger partial charge in [0.05, 0.1) is 6.20 Å². The van der Waals surface area contributed by atoms with Gasteiger partial charge in [0.1, 0.15) is 11.6 Å². The summed E-state index contributed by atoms with van der Waals surface area (Å²) in [5.41, 5.74) is 5.36. The van der Waals surface area contributed by atoms with Crippen molar-refractivity contribution in [3.63, 3.8) is 0 Å². The van der Waals surface area contributed by atoms with Crippen LogP contribution in [-0.4, -0.2) is 28.0 Å². The minimum absolute atomic E-state index is 0.113. The summed E-state index contributed by atoms with van der Waals surface area (Å²) >= 11 is 0. The Labute approximate surface area is 111 Å². The molecule has 0 aliphatic carbocycles. The molecule has 2 amide bonds. The summed E-state index contributed by atoms with van der Waals surface area (Å²) in [5, 5.41) is 0. The van der Waals surface area contributed by atoms with Crippen LogP contribution < -0.4 is 10.9 Å². The monoisotopic (exact) mass is 264 g/mol. The molecule has 0 aromatic carbocycles. The molecule has 2 fully saturated rings. The Balaban J connectivity index is 1.58. The van der Waals surface area contributed by atoms with E-state index in [4.69, 9.17) is 0 Å². The van der Waals surface area contributed by atoms with Crippen LogP contribution in [0.2, 0.25) is 0 Å². The van der Waals surface area contributed by atoms with Crippen LogP contribution in [-0.2, 0) is 0 Å². The van der Waals surface area contributed by atoms with Crippen LogP contribution in [0.3, 0.4) is 0 Å². The maximum Gasteiger partial charge on any atom is 0.336 e. The zero-order chi connectivity index (χ0) is 13.2. The number of halogens is 1. The number of carbonyl (C=O) groups excluding carboxylic acids is 1. The van der Waals surface area contributed by atoms with E-state index in [1.54, 1.807) is 0 Å². The van der Waals surface area contributed by atoms with Crippen molar-refractivity contribution in [2.24, 2.45) is 0 Å². The molecule has 19 heavy (non-hydrogen) atoms. The molecule has 2 atom stereocenters. The average molecular weight is 264 g/mol. The second-order valence-corrected chi connectivity index (χ2v) is 5.14. The number of rotatable bonds is 2. The second kappa shape index (κ2) is 5.03. The quantitative estimate of drug-likeness (QED) is 0.806. The molecule has 2 saturated heterocycles. The molecule has 6 heteroatoms. The molecule has 3 heterocycles. The maximum absolute atomic E-state index is 12.7. The molecule has 3 rings (SSSR count). The van der Waals surface area contributed by atoms with Crippen LogP contribution in [0.1, 0.15) is 32.1 Å². The zero-order valence-electron chi connectivity index (χ0n) is 10.6. The number of nitrogens with one attached hydrogen (secondary N) is 2. The number of pyridine rings is 1. The van der Waals surface area contributed by atoms with Gasteiger partial charge in [0.2, 0.25) is 0 Å². The maximum atomic E-state index is 12.7. The molecule has 2 unspecified atom stereocenters. The van der Waals surface area contributed by atoms with Gasteiger partial charge in [-0.3, -0.25) is 10.9 Å². The molecule has 1 aromatic rings. The summed E-state index contributed by atoms with van der Waals surface area (Å²) in [6.45, 7) is 0. The van der Waals surface area contributed by atoms with Crippen molar-refractivity contribution in [2.45, 2.75) is 44.2 Å². The van der Waals surface area contributed by atoms with Gasteiger partial charge < -0.3 is 4.90 Å². The number of carbonyl (C=O) groups is 1. The van der Waals surface area contributed by atoms with Crippen LogP contribution in [0.25, 0.3) is 0 Å². The van der Waals surface area contributed by atoms with Crippen LogP contribution in [0.5, 0.6) is 0 Å². The number of nitrogens with zero attached hydrogens (tertiary/aromatic N) is 2. The van der Waals surface area contributed by atoms with Gasteiger partial charge in [-0.15, -0.1) is 0 Å². The Morgan fingerprint density at radius 2 is 2.00 bits per heavy atom. The molecule has 0 spiro atoms. The van der Waals surface area contributed by atoms with E-state index in [0.29, 0.717) is 17.9 Å². The molecule has 1 aromatic heterocycles. The van der Waals surface area contributed by atoms with Crippen molar-refractivity contribution in [1.29, 1.82) is 0 Å². The molecular weight excluding hydrogens is 247 g/mol. The number of hydrazine groups is 1. The highest BCUT2D eigenvalue weighted by Gasteiger charge is 2.39. The number of hydrogen-bond donors (Lipinski definition) is 2. The Kier molecular flexibility index (Phi) is 3.23. The standard InChI is InChI=1S/C13H17FN4O/c14-9-4-7-12(15-8-9)16-17-13(19)18-10-2-1-3-11(18)6-5-10/h4,7-8,10-11H,1-3,5-6H2,(H,15,16)(H,17,19). The van der Waals surface area contributed by atoms with Crippen molar-refractivity contribution in [2.75, 3.05) is 5.43 Å². The van der Waals surface area contributed by atoms with E-state index >= 15 is 0 Å². The van der Waals surface area contributed by atoms with Crippen molar-refractivity contribution >= 4 is 11.8 Å². The average Bonchev–Trinajstić information content (AvgIpc) is 2.67. The fraction of sp³-hybridized carbons (Fsp3) is 0.538. The summed E-state index contributed by atoms with van der Waals surface area (Å²) in [6, 6.07) is 3.42. The minimum atomic E-state index is -0.397. The Hall–Kier alpha value is -1.85. The van der Waals surface area contributed by atoms with E-state index < -0.39 is 5.82 Å². The largest absolute Gasteiger partial charge is 0.336 e. The summed E-state index contributed by atoms with van der Waals surface area (Å²) < 4.78 is 12.7. The van der Waals surface area contributed by atoms with Gasteiger partial charge in [-0.25, -0.2) is 14.2 Å². The van der Waals surface area contributed by atoms with Gasteiger partial charge in [0.25, 0.3) is 0 Å². The van der Waals surface area contributed by atoms with Gasteiger partial charge in [0, 0.05) is 12.1 Å². The molecule has 2 N–H and O–H groups in total. The number of urea groups is 1. The lowest BCUT2D eigenvalue weighted by molar-refractivity contribution is 0.148. The first-order chi connectivity index (χ1) is 9.24. The molecule has 5 nitrogen and oxygen atoms in total. The predicted octanol–water partition coefficient (Wildman–Crippen LogP) is 2.27. The van der Waals surface area contributed by atoms with Crippen LogP contribution in [0.4, 0.5) is 15.0 Å². The van der Waals surface area contributed by atoms with E-state index in [2.05, 4.69) is 15.8 Å². The van der Waals surface area contributed by atoms with Gasteiger partial charge in [-0.2, -0.15) is 0 Å². The Bertz CT molecular complexity index is 448. The number of amides is 2. The number of fused-ring (bicyclic) bond motifs is 2. The normalized spacial score (nSPS) is 25.2. The van der Waals surface area contributed by atoms with Gasteiger partial charge >= 0.3 is 6.03 Å². The third-order valence-corrected chi connectivity index (χ3v) is 3.95. The number of hydrogen-bond acceptors (Lipinski definition) is 3. The van der Waals surface area contributed by atoms with Gasteiger partial charge in [-0.1, -0.05) is 0 Å². The molecular formula is C13H17FN4O. The fourth-order valence-corrected chi connectivity index (χ4v) is 3.08. The summed E-state index contributed by atoms with van der Waals surface area (Å²) in [5.74, 6) is 0.0325. The van der Waals surface area contributed by atoms with Crippen molar-refractivity contribution < 1.29 is 9.18 Å². The molecule has 0 saturated carbocycles. The first-order valence-electron chi connectivity index (χ1n) is 6.70. The van der Waals surface area contributed by atoms with Gasteiger partial charge in [0.15, 0.2) is 0 Å². The highest BCUT2D eigenvalue weighted by molar-refractivity contribution is 5.76.